The zero-order chi connectivity index (χ0) is 15.8. The third kappa shape index (κ3) is 5.78. The lowest BCUT2D eigenvalue weighted by Gasteiger charge is -2.07. The van der Waals surface area contributed by atoms with E-state index in [2.05, 4.69) is 0 Å². The van der Waals surface area contributed by atoms with Gasteiger partial charge in [-0.3, -0.25) is 0 Å². The number of carbonyl (C=O) groups excluding carboxylic acids is 1. The van der Waals surface area contributed by atoms with E-state index >= 15 is 0 Å². The second-order valence-corrected chi connectivity index (χ2v) is 4.34. The van der Waals surface area contributed by atoms with Crippen LogP contribution in [-0.2, 0) is 11.2 Å². The lowest BCUT2D eigenvalue weighted by atomic mass is 10.1. The molecule has 5 heteroatoms. The van der Waals surface area contributed by atoms with Crippen LogP contribution in [0.3, 0.4) is 0 Å². The van der Waals surface area contributed by atoms with Crippen molar-refractivity contribution in [1.82, 2.24) is 0 Å². The predicted molar refractivity (Wildman–Crippen MR) is 72.7 cm³/mol. The molecule has 0 amide bonds. The van der Waals surface area contributed by atoms with Gasteiger partial charge in [-0.05, 0) is 18.6 Å². The average molecular weight is 286 g/mol. The second-order valence-electron chi connectivity index (χ2n) is 4.34. The van der Waals surface area contributed by atoms with Gasteiger partial charge in [0.25, 0.3) is 0 Å². The Morgan fingerprint density at radius 2 is 1.62 bits per heavy atom. The van der Waals surface area contributed by atoms with Gasteiger partial charge in [0.2, 0.25) is 0 Å². The summed E-state index contributed by atoms with van der Waals surface area (Å²) in [6.45, 7) is 1.96. The molecule has 0 bridgehead atoms. The van der Waals surface area contributed by atoms with Gasteiger partial charge in [0.05, 0.1) is 5.56 Å². The lowest BCUT2D eigenvalue weighted by molar-refractivity contribution is -0.304. The van der Waals surface area contributed by atoms with Gasteiger partial charge in [-0.25, -0.2) is 4.79 Å². The van der Waals surface area contributed by atoms with Crippen molar-refractivity contribution in [3.63, 3.8) is 0 Å². The van der Waals surface area contributed by atoms with Crippen LogP contribution in [0.15, 0.2) is 48.5 Å². The number of hydrogen-bond acceptors (Lipinski definition) is 4. The second kappa shape index (κ2) is 7.69. The Kier molecular flexibility index (Phi) is 5.95. The van der Waals surface area contributed by atoms with Crippen molar-refractivity contribution in [3.8, 4) is 5.75 Å². The molecule has 0 aromatic heterocycles. The number of para-hydroxylation sites is 1. The Morgan fingerprint density at radius 1 is 1.05 bits per heavy atom. The number of carboxylic acids is 2. The number of hydrogen-bond donors (Lipinski definition) is 1. The van der Waals surface area contributed by atoms with E-state index in [9.17, 15) is 19.8 Å². The summed E-state index contributed by atoms with van der Waals surface area (Å²) in [4.78, 5) is 20.4. The summed E-state index contributed by atoms with van der Waals surface area (Å²) >= 11 is 0. The molecule has 0 saturated carbocycles. The molecule has 21 heavy (non-hydrogen) atoms. The van der Waals surface area contributed by atoms with Gasteiger partial charge in [-0.1, -0.05) is 53.8 Å². The summed E-state index contributed by atoms with van der Waals surface area (Å²) < 4.78 is 0. The molecule has 0 saturated heterocycles. The van der Waals surface area contributed by atoms with Crippen LogP contribution in [0.1, 0.15) is 21.5 Å². The van der Waals surface area contributed by atoms with Crippen molar-refractivity contribution in [2.45, 2.75) is 13.3 Å². The minimum atomic E-state index is -1.18. The summed E-state index contributed by atoms with van der Waals surface area (Å²) in [6, 6.07) is 12.9. The van der Waals surface area contributed by atoms with Crippen molar-refractivity contribution in [3.05, 3.63) is 65.2 Å². The predicted octanol–water partition coefficient (Wildman–Crippen LogP) is 0.746. The van der Waals surface area contributed by atoms with Crippen molar-refractivity contribution >= 4 is 11.9 Å². The van der Waals surface area contributed by atoms with Crippen LogP contribution in [0, 0.1) is 6.92 Å². The average Bonchev–Trinajstić information content (AvgIpc) is 2.42. The van der Waals surface area contributed by atoms with Crippen LogP contribution in [0.5, 0.6) is 5.75 Å². The number of rotatable bonds is 3. The first kappa shape index (κ1) is 16.2. The van der Waals surface area contributed by atoms with Gasteiger partial charge >= 0.3 is 5.97 Å². The molecule has 0 aliphatic heterocycles. The Morgan fingerprint density at radius 3 is 2.05 bits per heavy atom. The Balaban J connectivity index is 0.000000211. The monoisotopic (exact) mass is 286 g/mol. The molecule has 2 rings (SSSR count). The maximum Gasteiger partial charge on any atom is 0.335 e. The molecular formula is C16H14O5-2. The SMILES string of the molecule is Cc1ccc(CC(=O)[O-])cc1.O=C(O)c1ccccc1[O-]. The van der Waals surface area contributed by atoms with Crippen molar-refractivity contribution < 1.29 is 24.9 Å². The van der Waals surface area contributed by atoms with Gasteiger partial charge in [-0.15, -0.1) is 0 Å². The third-order valence-electron chi connectivity index (χ3n) is 2.59. The van der Waals surface area contributed by atoms with Crippen LogP contribution < -0.4 is 10.2 Å². The Bertz CT molecular complexity index is 617. The molecule has 0 heterocycles. The van der Waals surface area contributed by atoms with E-state index in [0.29, 0.717) is 0 Å². The summed E-state index contributed by atoms with van der Waals surface area (Å²) in [5.74, 6) is -2.66. The van der Waals surface area contributed by atoms with E-state index in [1.54, 1.807) is 12.1 Å². The number of aromatic carboxylic acids is 1. The summed E-state index contributed by atoms with van der Waals surface area (Å²) in [5.41, 5.74) is 1.74. The fourth-order valence-electron chi connectivity index (χ4n) is 1.52. The highest BCUT2D eigenvalue weighted by molar-refractivity contribution is 5.90. The maximum atomic E-state index is 10.7. The first-order valence-electron chi connectivity index (χ1n) is 6.15. The molecule has 0 atom stereocenters. The summed E-state index contributed by atoms with van der Waals surface area (Å²) in [6.07, 6.45) is 0.000278. The van der Waals surface area contributed by atoms with E-state index in [-0.39, 0.29) is 12.0 Å². The topological polar surface area (TPSA) is 100 Å². The number of aryl methyl sites for hydroxylation is 1. The summed E-state index contributed by atoms with van der Waals surface area (Å²) in [7, 11) is 0. The van der Waals surface area contributed by atoms with Crippen LogP contribution in [0.25, 0.3) is 0 Å². The first-order chi connectivity index (χ1) is 9.90. The van der Waals surface area contributed by atoms with Crippen molar-refractivity contribution in [1.29, 1.82) is 0 Å². The highest BCUT2D eigenvalue weighted by Gasteiger charge is 1.99. The minimum absolute atomic E-state index is 0.000278. The van der Waals surface area contributed by atoms with E-state index in [1.165, 1.54) is 24.3 Å². The number of carbonyl (C=O) groups is 2. The molecule has 0 spiro atoms. The van der Waals surface area contributed by atoms with E-state index in [1.807, 2.05) is 19.1 Å². The van der Waals surface area contributed by atoms with Gasteiger partial charge in [0.15, 0.2) is 0 Å². The van der Waals surface area contributed by atoms with Crippen molar-refractivity contribution in [2.75, 3.05) is 0 Å². The quantitative estimate of drug-likeness (QED) is 0.897. The standard InChI is InChI=1S/C9H10O2.C7H6O3/c1-7-2-4-8(5-3-7)6-9(10)11;8-6-4-2-1-3-5(6)7(9)10/h2-5H,6H2,1H3,(H,10,11);1-4,8H,(H,9,10)/p-2. The van der Waals surface area contributed by atoms with Gasteiger partial charge in [-0.2, -0.15) is 0 Å². The molecule has 0 fully saturated rings. The molecule has 0 unspecified atom stereocenters. The highest BCUT2D eigenvalue weighted by atomic mass is 16.4. The van der Waals surface area contributed by atoms with Crippen molar-refractivity contribution in [2.24, 2.45) is 0 Å². The van der Waals surface area contributed by atoms with E-state index in [4.69, 9.17) is 5.11 Å². The number of benzene rings is 2. The molecule has 5 nitrogen and oxygen atoms in total. The molecule has 1 N–H and O–H groups in total. The smallest absolute Gasteiger partial charge is 0.335 e. The molecule has 0 radical (unpaired) electrons. The normalized spacial score (nSPS) is 9.38. The third-order valence-corrected chi connectivity index (χ3v) is 2.59. The number of carboxylic acid groups (broad SMARTS) is 2. The Labute approximate surface area is 122 Å². The fourth-order valence-corrected chi connectivity index (χ4v) is 1.52. The molecule has 2 aromatic carbocycles. The highest BCUT2D eigenvalue weighted by Crippen LogP contribution is 2.10. The first-order valence-corrected chi connectivity index (χ1v) is 6.15. The van der Waals surface area contributed by atoms with Crippen LogP contribution in [0.4, 0.5) is 0 Å². The zero-order valence-corrected chi connectivity index (χ0v) is 11.4. The van der Waals surface area contributed by atoms with Gasteiger partial charge < -0.3 is 20.1 Å². The van der Waals surface area contributed by atoms with E-state index in [0.717, 1.165) is 11.1 Å². The molecule has 2 aromatic rings. The molecular weight excluding hydrogens is 272 g/mol. The van der Waals surface area contributed by atoms with Gasteiger partial charge in [0.1, 0.15) is 0 Å². The molecule has 110 valence electrons. The van der Waals surface area contributed by atoms with Crippen LogP contribution >= 0.6 is 0 Å². The molecule has 0 aliphatic carbocycles. The lowest BCUT2D eigenvalue weighted by Crippen LogP contribution is -2.24. The van der Waals surface area contributed by atoms with Crippen LogP contribution in [-0.4, -0.2) is 17.0 Å². The summed E-state index contributed by atoms with van der Waals surface area (Å²) in [5, 5.41) is 29.2. The zero-order valence-electron chi connectivity index (χ0n) is 11.4. The fraction of sp³-hybridized carbons (Fsp3) is 0.125. The maximum absolute atomic E-state index is 10.7. The molecule has 0 aliphatic rings. The van der Waals surface area contributed by atoms with Gasteiger partial charge in [0, 0.05) is 12.4 Å². The van der Waals surface area contributed by atoms with Crippen LogP contribution in [0.2, 0.25) is 0 Å². The van der Waals surface area contributed by atoms with E-state index < -0.39 is 17.7 Å². The Hall–Kier alpha value is -2.82. The minimum Gasteiger partial charge on any atom is -0.872 e. The largest absolute Gasteiger partial charge is 0.872 e. The number of aliphatic carboxylic acids is 1.